The molecule has 0 N–H and O–H groups in total. The van der Waals surface area contributed by atoms with E-state index in [1.807, 2.05) is 0 Å². The molecule has 22 heavy (non-hydrogen) atoms. The van der Waals surface area contributed by atoms with Gasteiger partial charge in [0.05, 0.1) is 13.2 Å². The van der Waals surface area contributed by atoms with Crippen LogP contribution >= 0.6 is 25.3 Å². The van der Waals surface area contributed by atoms with E-state index >= 15 is 0 Å². The summed E-state index contributed by atoms with van der Waals surface area (Å²) >= 11 is 8.17. The first-order valence-electron chi connectivity index (χ1n) is 6.96. The highest BCUT2D eigenvalue weighted by Crippen LogP contribution is 2.18. The van der Waals surface area contributed by atoms with Gasteiger partial charge in [-0.15, -0.1) is 0 Å². The molecule has 0 aromatic heterocycles. The first kappa shape index (κ1) is 16.8. The van der Waals surface area contributed by atoms with Crippen LogP contribution in [0.3, 0.4) is 0 Å². The number of thiol groups is 2. The molecule has 0 atom stereocenters. The van der Waals surface area contributed by atoms with E-state index in [0.717, 1.165) is 11.5 Å². The summed E-state index contributed by atoms with van der Waals surface area (Å²) < 4.78 is 10.9. The van der Waals surface area contributed by atoms with Gasteiger partial charge in [-0.2, -0.15) is 25.3 Å². The molecular weight excluding hydrogens is 316 g/mol. The molecule has 0 aliphatic carbocycles. The largest absolute Gasteiger partial charge is 0.493 e. The van der Waals surface area contributed by atoms with Crippen LogP contribution in [0.25, 0.3) is 0 Å². The van der Waals surface area contributed by atoms with Crippen molar-refractivity contribution in [3.05, 3.63) is 59.7 Å². The van der Waals surface area contributed by atoms with E-state index in [2.05, 4.69) is 25.3 Å². The standard InChI is InChI=1S/C17H18O3S2/c18-17(13-1-5-15(6-2-13)19-9-11-21)14-3-7-16(8-4-14)20-10-12-22/h1-8,21-22H,9-12H2. The van der Waals surface area contributed by atoms with Gasteiger partial charge in [0.15, 0.2) is 5.78 Å². The first-order valence-corrected chi connectivity index (χ1v) is 8.23. The van der Waals surface area contributed by atoms with Gasteiger partial charge in [0.25, 0.3) is 0 Å². The van der Waals surface area contributed by atoms with E-state index in [9.17, 15) is 4.79 Å². The minimum absolute atomic E-state index is 0.0264. The molecule has 0 bridgehead atoms. The fraction of sp³-hybridized carbons (Fsp3) is 0.235. The van der Waals surface area contributed by atoms with Crippen LogP contribution in [-0.4, -0.2) is 30.5 Å². The monoisotopic (exact) mass is 334 g/mol. The fourth-order valence-electron chi connectivity index (χ4n) is 1.90. The predicted octanol–water partition coefficient (Wildman–Crippen LogP) is 3.53. The third-order valence-electron chi connectivity index (χ3n) is 2.95. The lowest BCUT2D eigenvalue weighted by Crippen LogP contribution is -2.03. The number of ether oxygens (including phenoxy) is 2. The molecule has 3 nitrogen and oxygen atoms in total. The normalized spacial score (nSPS) is 10.3. The minimum atomic E-state index is -0.0264. The smallest absolute Gasteiger partial charge is 0.193 e. The van der Waals surface area contributed by atoms with Crippen LogP contribution in [0.15, 0.2) is 48.5 Å². The van der Waals surface area contributed by atoms with Gasteiger partial charge >= 0.3 is 0 Å². The molecule has 0 unspecified atom stereocenters. The van der Waals surface area contributed by atoms with Gasteiger partial charge in [-0.25, -0.2) is 0 Å². The van der Waals surface area contributed by atoms with Crippen molar-refractivity contribution in [3.8, 4) is 11.5 Å². The SMILES string of the molecule is O=C(c1ccc(OCCS)cc1)c1ccc(OCCS)cc1. The van der Waals surface area contributed by atoms with Crippen molar-refractivity contribution >= 4 is 31.0 Å². The van der Waals surface area contributed by atoms with Crippen LogP contribution in [0.2, 0.25) is 0 Å². The van der Waals surface area contributed by atoms with Crippen LogP contribution in [0.4, 0.5) is 0 Å². The van der Waals surface area contributed by atoms with Crippen molar-refractivity contribution in [2.24, 2.45) is 0 Å². The quantitative estimate of drug-likeness (QED) is 0.573. The van der Waals surface area contributed by atoms with E-state index in [-0.39, 0.29) is 5.78 Å². The third kappa shape index (κ3) is 4.71. The summed E-state index contributed by atoms with van der Waals surface area (Å²) in [6, 6.07) is 14.2. The molecule has 0 heterocycles. The Morgan fingerprint density at radius 2 is 1.09 bits per heavy atom. The Labute approximate surface area is 141 Å². The maximum absolute atomic E-state index is 12.4. The van der Waals surface area contributed by atoms with Gasteiger partial charge < -0.3 is 9.47 Å². The van der Waals surface area contributed by atoms with E-state index in [1.54, 1.807) is 48.5 Å². The highest BCUT2D eigenvalue weighted by Gasteiger charge is 2.09. The van der Waals surface area contributed by atoms with Crippen molar-refractivity contribution in [1.82, 2.24) is 0 Å². The van der Waals surface area contributed by atoms with Crippen molar-refractivity contribution in [3.63, 3.8) is 0 Å². The molecule has 116 valence electrons. The van der Waals surface area contributed by atoms with Crippen molar-refractivity contribution in [2.75, 3.05) is 24.7 Å². The second kappa shape index (κ2) is 8.76. The number of carbonyl (C=O) groups is 1. The van der Waals surface area contributed by atoms with Crippen molar-refractivity contribution < 1.29 is 14.3 Å². The summed E-state index contributed by atoms with van der Waals surface area (Å²) in [4.78, 5) is 12.4. The van der Waals surface area contributed by atoms with Gasteiger partial charge in [-0.1, -0.05) is 0 Å². The van der Waals surface area contributed by atoms with Crippen molar-refractivity contribution in [2.45, 2.75) is 0 Å². The van der Waals surface area contributed by atoms with E-state index in [4.69, 9.17) is 9.47 Å². The highest BCUT2D eigenvalue weighted by atomic mass is 32.1. The molecule has 0 spiro atoms. The van der Waals surface area contributed by atoms with Crippen LogP contribution in [0.5, 0.6) is 11.5 Å². The lowest BCUT2D eigenvalue weighted by Gasteiger charge is -2.07. The lowest BCUT2D eigenvalue weighted by atomic mass is 10.0. The molecular formula is C17H18O3S2. The molecule has 0 saturated heterocycles. The number of hydrogen-bond donors (Lipinski definition) is 2. The molecule has 2 rings (SSSR count). The molecule has 0 aliphatic rings. The number of carbonyl (C=O) groups excluding carboxylic acids is 1. The Morgan fingerprint density at radius 1 is 0.727 bits per heavy atom. The highest BCUT2D eigenvalue weighted by molar-refractivity contribution is 7.80. The fourth-order valence-corrected chi connectivity index (χ4v) is 2.08. The Kier molecular flexibility index (Phi) is 6.68. The van der Waals surface area contributed by atoms with Gasteiger partial charge in [-0.05, 0) is 48.5 Å². The predicted molar refractivity (Wildman–Crippen MR) is 95.0 cm³/mol. The van der Waals surface area contributed by atoms with E-state index in [1.165, 1.54) is 0 Å². The van der Waals surface area contributed by atoms with Crippen LogP contribution in [0, 0.1) is 0 Å². The van der Waals surface area contributed by atoms with Gasteiger partial charge in [-0.3, -0.25) is 4.79 Å². The Hall–Kier alpha value is -1.59. The summed E-state index contributed by atoms with van der Waals surface area (Å²) in [5.74, 6) is 2.76. The summed E-state index contributed by atoms with van der Waals surface area (Å²) in [5, 5.41) is 0. The second-order valence-corrected chi connectivity index (χ2v) is 5.42. The molecule has 0 fully saturated rings. The Morgan fingerprint density at radius 3 is 1.41 bits per heavy atom. The minimum Gasteiger partial charge on any atom is -0.493 e. The lowest BCUT2D eigenvalue weighted by molar-refractivity contribution is 0.103. The zero-order chi connectivity index (χ0) is 15.8. The van der Waals surface area contributed by atoms with Gasteiger partial charge in [0, 0.05) is 22.6 Å². The molecule has 5 heteroatoms. The zero-order valence-corrected chi connectivity index (χ0v) is 13.9. The topological polar surface area (TPSA) is 35.5 Å². The van der Waals surface area contributed by atoms with E-state index < -0.39 is 0 Å². The number of ketones is 1. The summed E-state index contributed by atoms with van der Waals surface area (Å²) in [6.07, 6.45) is 0. The average molecular weight is 334 g/mol. The van der Waals surface area contributed by atoms with Crippen molar-refractivity contribution in [1.29, 1.82) is 0 Å². The average Bonchev–Trinajstić information content (AvgIpc) is 2.58. The first-order chi connectivity index (χ1) is 10.7. The number of rotatable bonds is 8. The zero-order valence-electron chi connectivity index (χ0n) is 12.1. The molecule has 0 amide bonds. The Balaban J connectivity index is 2.04. The summed E-state index contributed by atoms with van der Waals surface area (Å²) in [6.45, 7) is 1.09. The summed E-state index contributed by atoms with van der Waals surface area (Å²) in [5.41, 5.74) is 1.25. The molecule has 2 aromatic carbocycles. The van der Waals surface area contributed by atoms with Gasteiger partial charge in [0.1, 0.15) is 11.5 Å². The molecule has 0 radical (unpaired) electrons. The third-order valence-corrected chi connectivity index (χ3v) is 3.32. The van der Waals surface area contributed by atoms with Crippen LogP contribution < -0.4 is 9.47 Å². The maximum atomic E-state index is 12.4. The molecule has 0 saturated carbocycles. The van der Waals surface area contributed by atoms with E-state index in [0.29, 0.717) is 35.8 Å². The summed E-state index contributed by atoms with van der Waals surface area (Å²) in [7, 11) is 0. The Bertz CT molecular complexity index is 541. The number of hydrogen-bond acceptors (Lipinski definition) is 5. The molecule has 0 aliphatic heterocycles. The second-order valence-electron chi connectivity index (χ2n) is 4.52. The van der Waals surface area contributed by atoms with Crippen LogP contribution in [0.1, 0.15) is 15.9 Å². The number of benzene rings is 2. The maximum Gasteiger partial charge on any atom is 0.193 e. The van der Waals surface area contributed by atoms with Crippen LogP contribution in [-0.2, 0) is 0 Å². The molecule has 2 aromatic rings. The van der Waals surface area contributed by atoms with Gasteiger partial charge in [0.2, 0.25) is 0 Å².